The fourth-order valence-electron chi connectivity index (χ4n) is 3.57. The standard InChI is InChI=1S/C19H34N4O9S/c1-8(6-23(18(30)9(2)20)11(17(21)29)4-5-13(26)27)33-16-14(22-10(3)25)19(31)32-12(7-24)15(16)28/h8-9,11-12,14-16,19,24,28,31H,4-7,20H2,1-3H3,(H2,21,29)(H,22,25)(H,26,27)/t8?,9-,11-,12+,14+,15+,16+,19-/m0/s1. The van der Waals surface area contributed by atoms with E-state index in [0.717, 1.165) is 16.7 Å². The van der Waals surface area contributed by atoms with E-state index in [1.807, 2.05) is 0 Å². The molecule has 0 radical (unpaired) electrons. The highest BCUT2D eigenvalue weighted by Gasteiger charge is 2.46. The molecule has 0 aromatic carbocycles. The van der Waals surface area contributed by atoms with Crippen LogP contribution in [0.15, 0.2) is 0 Å². The summed E-state index contributed by atoms with van der Waals surface area (Å²) in [6.07, 6.45) is -4.49. The van der Waals surface area contributed by atoms with Crippen molar-refractivity contribution in [2.75, 3.05) is 13.2 Å². The first-order valence-electron chi connectivity index (χ1n) is 10.4. The van der Waals surface area contributed by atoms with E-state index in [1.165, 1.54) is 13.8 Å². The molecule has 13 nitrogen and oxygen atoms in total. The van der Waals surface area contributed by atoms with Crippen molar-refractivity contribution in [3.05, 3.63) is 0 Å². The molecule has 14 heteroatoms. The van der Waals surface area contributed by atoms with Gasteiger partial charge in [-0.2, -0.15) is 0 Å². The van der Waals surface area contributed by atoms with Gasteiger partial charge < -0.3 is 46.8 Å². The smallest absolute Gasteiger partial charge is 0.303 e. The quantitative estimate of drug-likeness (QED) is 0.144. The maximum atomic E-state index is 12.7. The number of aliphatic hydroxyl groups excluding tert-OH is 3. The van der Waals surface area contributed by atoms with Crippen LogP contribution in [0.1, 0.15) is 33.6 Å². The fraction of sp³-hybridized carbons (Fsp3) is 0.789. The lowest BCUT2D eigenvalue weighted by atomic mass is 10.00. The lowest BCUT2D eigenvalue weighted by Gasteiger charge is -2.43. The van der Waals surface area contributed by atoms with Crippen LogP contribution in [0.4, 0.5) is 0 Å². The highest BCUT2D eigenvalue weighted by molar-refractivity contribution is 8.00. The van der Waals surface area contributed by atoms with Crippen LogP contribution in [0.2, 0.25) is 0 Å². The Kier molecular flexibility index (Phi) is 11.5. The zero-order valence-electron chi connectivity index (χ0n) is 18.8. The Bertz CT molecular complexity index is 711. The maximum absolute atomic E-state index is 12.7. The third kappa shape index (κ3) is 8.39. The summed E-state index contributed by atoms with van der Waals surface area (Å²) in [5.41, 5.74) is 11.1. The molecule has 0 aromatic rings. The molecule has 1 heterocycles. The predicted molar refractivity (Wildman–Crippen MR) is 118 cm³/mol. The van der Waals surface area contributed by atoms with E-state index in [4.69, 9.17) is 21.3 Å². The molecule has 0 aliphatic carbocycles. The number of rotatable bonds is 12. The van der Waals surface area contributed by atoms with Crippen LogP contribution in [0.25, 0.3) is 0 Å². The van der Waals surface area contributed by atoms with Crippen LogP contribution < -0.4 is 16.8 Å². The zero-order valence-corrected chi connectivity index (χ0v) is 19.6. The molecule has 190 valence electrons. The van der Waals surface area contributed by atoms with Gasteiger partial charge in [0.05, 0.1) is 30.0 Å². The number of aliphatic carboxylic acids is 1. The first-order chi connectivity index (χ1) is 15.3. The van der Waals surface area contributed by atoms with Crippen molar-refractivity contribution in [1.29, 1.82) is 0 Å². The number of thioether (sulfide) groups is 1. The van der Waals surface area contributed by atoms with Crippen LogP contribution in [-0.4, -0.2) is 109 Å². The van der Waals surface area contributed by atoms with E-state index >= 15 is 0 Å². The van der Waals surface area contributed by atoms with E-state index in [0.29, 0.717) is 0 Å². The van der Waals surface area contributed by atoms with Gasteiger partial charge in [-0.05, 0) is 13.3 Å². The third-order valence-electron chi connectivity index (χ3n) is 5.09. The van der Waals surface area contributed by atoms with Crippen molar-refractivity contribution in [2.45, 2.75) is 80.7 Å². The summed E-state index contributed by atoms with van der Waals surface area (Å²) in [5, 5.41) is 40.5. The van der Waals surface area contributed by atoms with Crippen LogP contribution in [0.5, 0.6) is 0 Å². The highest BCUT2D eigenvalue weighted by atomic mass is 32.2. The number of nitrogens with zero attached hydrogens (tertiary/aromatic N) is 1. The minimum atomic E-state index is -1.50. The molecule has 1 fully saturated rings. The summed E-state index contributed by atoms with van der Waals surface area (Å²) >= 11 is 1.09. The molecule has 1 aliphatic rings. The Hall–Kier alpha value is -1.97. The monoisotopic (exact) mass is 494 g/mol. The van der Waals surface area contributed by atoms with Gasteiger partial charge in [0.1, 0.15) is 12.1 Å². The molecule has 3 amide bonds. The molecule has 0 aromatic heterocycles. The van der Waals surface area contributed by atoms with Crippen LogP contribution in [-0.2, 0) is 23.9 Å². The molecular formula is C19H34N4O9S. The Labute approximate surface area is 195 Å². The van der Waals surface area contributed by atoms with Gasteiger partial charge in [0.15, 0.2) is 6.29 Å². The minimum Gasteiger partial charge on any atom is -0.481 e. The molecule has 8 atom stereocenters. The molecule has 1 aliphatic heterocycles. The SMILES string of the molecule is CC(=O)N[C@@H]1[C@@H](SC(C)CN(C(=O)[C@H](C)N)[C@@H](CCC(=O)O)C(N)=O)[C@H](O)[C@@H](CO)O[C@@H]1O. The van der Waals surface area contributed by atoms with E-state index in [2.05, 4.69) is 5.32 Å². The maximum Gasteiger partial charge on any atom is 0.303 e. The summed E-state index contributed by atoms with van der Waals surface area (Å²) in [5.74, 6) is -3.15. The van der Waals surface area contributed by atoms with Crippen molar-refractivity contribution in [1.82, 2.24) is 10.2 Å². The number of hydrogen-bond acceptors (Lipinski definition) is 10. The molecular weight excluding hydrogens is 460 g/mol. The Morgan fingerprint density at radius 2 is 1.82 bits per heavy atom. The Balaban J connectivity index is 3.13. The topological polar surface area (TPSA) is 226 Å². The van der Waals surface area contributed by atoms with Gasteiger partial charge in [-0.25, -0.2) is 0 Å². The van der Waals surface area contributed by atoms with E-state index in [9.17, 15) is 34.5 Å². The second-order valence-corrected chi connectivity index (χ2v) is 9.63. The number of carbonyl (C=O) groups is 4. The number of primary amides is 1. The van der Waals surface area contributed by atoms with Gasteiger partial charge in [0.2, 0.25) is 17.7 Å². The zero-order chi connectivity index (χ0) is 25.5. The minimum absolute atomic E-state index is 0.0883. The largest absolute Gasteiger partial charge is 0.481 e. The second-order valence-electron chi connectivity index (χ2n) is 8.01. The normalized spacial score (nSPS) is 27.8. The number of hydrogen-bond donors (Lipinski definition) is 7. The molecule has 9 N–H and O–H groups in total. The number of carboxylic acid groups (broad SMARTS) is 1. The number of carboxylic acids is 1. The molecule has 1 rings (SSSR count). The number of nitrogens with two attached hydrogens (primary N) is 2. The van der Waals surface area contributed by atoms with E-state index in [-0.39, 0.29) is 13.0 Å². The van der Waals surface area contributed by atoms with Crippen molar-refractivity contribution >= 4 is 35.5 Å². The Morgan fingerprint density at radius 3 is 2.27 bits per heavy atom. The molecule has 1 unspecified atom stereocenters. The lowest BCUT2D eigenvalue weighted by Crippen LogP contribution is -2.63. The van der Waals surface area contributed by atoms with Crippen molar-refractivity contribution in [2.24, 2.45) is 11.5 Å². The number of ether oxygens (including phenoxy) is 1. The summed E-state index contributed by atoms with van der Waals surface area (Å²) in [6, 6.07) is -3.23. The highest BCUT2D eigenvalue weighted by Crippen LogP contribution is 2.32. The summed E-state index contributed by atoms with van der Waals surface area (Å²) < 4.78 is 5.18. The fourth-order valence-corrected chi connectivity index (χ4v) is 5.06. The van der Waals surface area contributed by atoms with Crippen LogP contribution in [0, 0.1) is 0 Å². The van der Waals surface area contributed by atoms with E-state index in [1.54, 1.807) is 6.92 Å². The average molecular weight is 495 g/mol. The van der Waals surface area contributed by atoms with Gasteiger partial charge in [-0.15, -0.1) is 11.8 Å². The summed E-state index contributed by atoms with van der Waals surface area (Å²) in [6.45, 7) is 3.65. The van der Waals surface area contributed by atoms with E-state index < -0.39 is 83.8 Å². The average Bonchev–Trinajstić information content (AvgIpc) is 2.70. The first kappa shape index (κ1) is 29.1. The van der Waals surface area contributed by atoms with Gasteiger partial charge in [0.25, 0.3) is 0 Å². The van der Waals surface area contributed by atoms with Crippen molar-refractivity contribution in [3.8, 4) is 0 Å². The van der Waals surface area contributed by atoms with Gasteiger partial charge >= 0.3 is 5.97 Å². The molecule has 0 spiro atoms. The first-order valence-corrected chi connectivity index (χ1v) is 11.4. The molecule has 1 saturated heterocycles. The number of amides is 3. The lowest BCUT2D eigenvalue weighted by molar-refractivity contribution is -0.218. The van der Waals surface area contributed by atoms with Gasteiger partial charge in [-0.3, -0.25) is 19.2 Å². The van der Waals surface area contributed by atoms with Crippen LogP contribution >= 0.6 is 11.8 Å². The van der Waals surface area contributed by atoms with Gasteiger partial charge in [0, 0.05) is 25.1 Å². The van der Waals surface area contributed by atoms with Crippen molar-refractivity contribution < 1.29 is 44.3 Å². The third-order valence-corrected chi connectivity index (χ3v) is 6.59. The summed E-state index contributed by atoms with van der Waals surface area (Å²) in [4.78, 5) is 48.4. The summed E-state index contributed by atoms with van der Waals surface area (Å²) in [7, 11) is 0. The number of carbonyl (C=O) groups excluding carboxylic acids is 3. The predicted octanol–water partition coefficient (Wildman–Crippen LogP) is -3.05. The molecule has 33 heavy (non-hydrogen) atoms. The number of aliphatic hydroxyl groups is 3. The Morgan fingerprint density at radius 1 is 1.21 bits per heavy atom. The molecule has 0 bridgehead atoms. The van der Waals surface area contributed by atoms with Gasteiger partial charge in [-0.1, -0.05) is 6.92 Å². The number of nitrogens with one attached hydrogen (secondary N) is 1. The molecule has 0 saturated carbocycles. The second kappa shape index (κ2) is 13.1. The van der Waals surface area contributed by atoms with Crippen molar-refractivity contribution in [3.63, 3.8) is 0 Å². The van der Waals surface area contributed by atoms with Crippen LogP contribution in [0.3, 0.4) is 0 Å².